The van der Waals surface area contributed by atoms with Crippen molar-refractivity contribution in [3.8, 4) is 16.9 Å². The van der Waals surface area contributed by atoms with Gasteiger partial charge in [0.2, 0.25) is 0 Å². The monoisotopic (exact) mass is 471 g/mol. The second kappa shape index (κ2) is 9.10. The number of nitrogens with one attached hydrogen (secondary N) is 1. The predicted octanol–water partition coefficient (Wildman–Crippen LogP) is 4.53. The van der Waals surface area contributed by atoms with Crippen LogP contribution >= 0.6 is 0 Å². The highest BCUT2D eigenvalue weighted by atomic mass is 19.4. The molecule has 2 aromatic carbocycles. The molecule has 8 nitrogen and oxygen atoms in total. The van der Waals surface area contributed by atoms with E-state index in [1.54, 1.807) is 26.2 Å². The zero-order valence-corrected chi connectivity index (χ0v) is 18.5. The first-order valence-electron chi connectivity index (χ1n) is 10.1. The number of halogens is 3. The molecule has 11 heteroatoms. The summed E-state index contributed by atoms with van der Waals surface area (Å²) < 4.78 is 50.9. The molecule has 34 heavy (non-hydrogen) atoms. The molecule has 2 aromatic heterocycles. The number of carbonyl (C=O) groups excluding carboxylic acids is 1. The number of carbonyl (C=O) groups is 1. The first-order valence-corrected chi connectivity index (χ1v) is 10.1. The average molecular weight is 471 g/mol. The van der Waals surface area contributed by atoms with E-state index in [2.05, 4.69) is 20.6 Å². The summed E-state index contributed by atoms with van der Waals surface area (Å²) in [7, 11) is 3.11. The molecule has 1 amide bonds. The molecule has 176 valence electrons. The van der Waals surface area contributed by atoms with Gasteiger partial charge in [0, 0.05) is 12.8 Å². The van der Waals surface area contributed by atoms with Gasteiger partial charge in [0.15, 0.2) is 11.3 Å². The maximum atomic E-state index is 13.0. The minimum Gasteiger partial charge on any atom is -0.497 e. The SMILES string of the molecule is COCc1nn2c(C)c(C(=O)Nc3cccc(C(F)(F)F)c3)nnc2c1-c1ccc(OC)cc1. The Kier molecular flexibility index (Phi) is 6.20. The molecule has 0 saturated heterocycles. The standard InChI is InChI=1S/C23H20F3N5O3/c1-13-20(22(32)27-16-6-4-5-15(11-16)23(24,25)26)28-29-21-19(18(12-33-2)30-31(13)21)14-7-9-17(34-3)10-8-14/h4-11H,12H2,1-3H3,(H,27,32). The number of benzene rings is 2. The summed E-state index contributed by atoms with van der Waals surface area (Å²) >= 11 is 0. The fourth-order valence-electron chi connectivity index (χ4n) is 3.51. The Morgan fingerprint density at radius 1 is 1.09 bits per heavy atom. The lowest BCUT2D eigenvalue weighted by Gasteiger charge is -2.10. The first kappa shape index (κ1) is 23.2. The molecule has 0 aliphatic heterocycles. The van der Waals surface area contributed by atoms with Crippen molar-refractivity contribution in [2.24, 2.45) is 0 Å². The van der Waals surface area contributed by atoms with Gasteiger partial charge in [0.1, 0.15) is 5.75 Å². The number of alkyl halides is 3. The number of aryl methyl sites for hydroxylation is 1. The van der Waals surface area contributed by atoms with E-state index in [1.165, 1.54) is 23.8 Å². The molecule has 0 radical (unpaired) electrons. The third-order valence-corrected chi connectivity index (χ3v) is 5.16. The molecular formula is C23H20F3N5O3. The number of hydrogen-bond donors (Lipinski definition) is 1. The summed E-state index contributed by atoms with van der Waals surface area (Å²) in [5.41, 5.74) is 1.89. The number of rotatable bonds is 6. The van der Waals surface area contributed by atoms with E-state index in [9.17, 15) is 18.0 Å². The van der Waals surface area contributed by atoms with Crippen molar-refractivity contribution in [1.29, 1.82) is 0 Å². The fraction of sp³-hybridized carbons (Fsp3) is 0.217. The molecule has 0 aliphatic carbocycles. The fourth-order valence-corrected chi connectivity index (χ4v) is 3.51. The summed E-state index contributed by atoms with van der Waals surface area (Å²) in [6.45, 7) is 1.82. The van der Waals surface area contributed by atoms with E-state index in [4.69, 9.17) is 9.47 Å². The molecule has 0 unspecified atom stereocenters. The maximum absolute atomic E-state index is 13.0. The van der Waals surface area contributed by atoms with Crippen LogP contribution in [0.15, 0.2) is 48.5 Å². The highest BCUT2D eigenvalue weighted by molar-refractivity contribution is 6.03. The van der Waals surface area contributed by atoms with Crippen molar-refractivity contribution in [2.45, 2.75) is 19.7 Å². The van der Waals surface area contributed by atoms with Gasteiger partial charge in [-0.05, 0) is 42.8 Å². The zero-order valence-electron chi connectivity index (χ0n) is 18.5. The summed E-state index contributed by atoms with van der Waals surface area (Å²) in [5, 5.41) is 15.3. The van der Waals surface area contributed by atoms with Gasteiger partial charge < -0.3 is 14.8 Å². The number of aromatic nitrogens is 4. The topological polar surface area (TPSA) is 90.6 Å². The molecule has 0 spiro atoms. The van der Waals surface area contributed by atoms with Gasteiger partial charge in [-0.1, -0.05) is 18.2 Å². The van der Waals surface area contributed by atoms with Crippen molar-refractivity contribution < 1.29 is 27.4 Å². The minimum absolute atomic E-state index is 0.0134. The summed E-state index contributed by atoms with van der Waals surface area (Å²) in [6, 6.07) is 11.6. The van der Waals surface area contributed by atoms with E-state index in [0.29, 0.717) is 28.3 Å². The molecule has 0 atom stereocenters. The van der Waals surface area contributed by atoms with Crippen LogP contribution in [-0.2, 0) is 17.5 Å². The first-order chi connectivity index (χ1) is 16.2. The molecular weight excluding hydrogens is 451 g/mol. The Morgan fingerprint density at radius 3 is 2.47 bits per heavy atom. The second-order valence-corrected chi connectivity index (χ2v) is 7.39. The van der Waals surface area contributed by atoms with Gasteiger partial charge in [-0.15, -0.1) is 10.2 Å². The molecule has 0 aliphatic rings. The Labute approximate surface area is 192 Å². The van der Waals surface area contributed by atoms with Crippen LogP contribution in [0.4, 0.5) is 18.9 Å². The molecule has 1 N–H and O–H groups in total. The third-order valence-electron chi connectivity index (χ3n) is 5.16. The van der Waals surface area contributed by atoms with E-state index in [-0.39, 0.29) is 18.0 Å². The summed E-state index contributed by atoms with van der Waals surface area (Å²) in [4.78, 5) is 12.8. The van der Waals surface area contributed by atoms with Crippen LogP contribution in [-0.4, -0.2) is 39.9 Å². The molecule has 0 saturated carbocycles. The van der Waals surface area contributed by atoms with E-state index < -0.39 is 17.6 Å². The Hall–Kier alpha value is -3.99. The van der Waals surface area contributed by atoms with Crippen LogP contribution in [0.1, 0.15) is 27.4 Å². The van der Waals surface area contributed by atoms with Gasteiger partial charge >= 0.3 is 6.18 Å². The van der Waals surface area contributed by atoms with Gasteiger partial charge in [0.25, 0.3) is 5.91 Å². The van der Waals surface area contributed by atoms with Gasteiger partial charge in [0.05, 0.1) is 36.2 Å². The van der Waals surface area contributed by atoms with Crippen molar-refractivity contribution in [3.05, 3.63) is 71.2 Å². The average Bonchev–Trinajstić information content (AvgIpc) is 3.18. The smallest absolute Gasteiger partial charge is 0.416 e. The van der Waals surface area contributed by atoms with Crippen LogP contribution in [0.25, 0.3) is 16.8 Å². The quantitative estimate of drug-likeness (QED) is 0.445. The lowest BCUT2D eigenvalue weighted by atomic mass is 10.1. The number of hydrogen-bond acceptors (Lipinski definition) is 6. The number of methoxy groups -OCH3 is 2. The van der Waals surface area contributed by atoms with Crippen molar-refractivity contribution in [2.75, 3.05) is 19.5 Å². The largest absolute Gasteiger partial charge is 0.497 e. The third kappa shape index (κ3) is 4.42. The predicted molar refractivity (Wildman–Crippen MR) is 118 cm³/mol. The lowest BCUT2D eigenvalue weighted by molar-refractivity contribution is -0.137. The lowest BCUT2D eigenvalue weighted by Crippen LogP contribution is -2.19. The minimum atomic E-state index is -4.53. The van der Waals surface area contributed by atoms with Crippen LogP contribution in [0.3, 0.4) is 0 Å². The van der Waals surface area contributed by atoms with E-state index in [0.717, 1.165) is 17.7 Å². The number of fused-ring (bicyclic) bond motifs is 1. The normalized spacial score (nSPS) is 11.6. The highest BCUT2D eigenvalue weighted by Gasteiger charge is 2.30. The number of anilines is 1. The number of amides is 1. The van der Waals surface area contributed by atoms with Crippen LogP contribution in [0.5, 0.6) is 5.75 Å². The zero-order chi connectivity index (χ0) is 24.5. The molecule has 0 bridgehead atoms. The molecule has 4 aromatic rings. The van der Waals surface area contributed by atoms with Crippen molar-refractivity contribution >= 4 is 17.2 Å². The molecule has 0 fully saturated rings. The van der Waals surface area contributed by atoms with E-state index >= 15 is 0 Å². The number of ether oxygens (including phenoxy) is 2. The number of nitrogens with zero attached hydrogens (tertiary/aromatic N) is 4. The Balaban J connectivity index is 1.73. The van der Waals surface area contributed by atoms with Crippen LogP contribution in [0, 0.1) is 6.92 Å². The van der Waals surface area contributed by atoms with Crippen molar-refractivity contribution in [1.82, 2.24) is 19.8 Å². The highest BCUT2D eigenvalue weighted by Crippen LogP contribution is 2.32. The van der Waals surface area contributed by atoms with Crippen LogP contribution in [0.2, 0.25) is 0 Å². The molecule has 4 rings (SSSR count). The second-order valence-electron chi connectivity index (χ2n) is 7.39. The van der Waals surface area contributed by atoms with Gasteiger partial charge in [-0.25, -0.2) is 4.52 Å². The van der Waals surface area contributed by atoms with Crippen LogP contribution < -0.4 is 10.1 Å². The Bertz CT molecular complexity index is 1350. The van der Waals surface area contributed by atoms with Gasteiger partial charge in [-0.2, -0.15) is 18.3 Å². The molecule has 2 heterocycles. The van der Waals surface area contributed by atoms with Crippen molar-refractivity contribution in [3.63, 3.8) is 0 Å². The van der Waals surface area contributed by atoms with E-state index in [1.807, 2.05) is 12.1 Å². The maximum Gasteiger partial charge on any atom is 0.416 e. The summed E-state index contributed by atoms with van der Waals surface area (Å²) in [5.74, 6) is -0.0228. The Morgan fingerprint density at radius 2 is 1.82 bits per heavy atom. The summed E-state index contributed by atoms with van der Waals surface area (Å²) in [6.07, 6.45) is -4.53. The van der Waals surface area contributed by atoms with Gasteiger partial charge in [-0.3, -0.25) is 4.79 Å².